The molecule has 1 atom stereocenters. The summed E-state index contributed by atoms with van der Waals surface area (Å²) in [5.74, 6) is -0.246. The van der Waals surface area contributed by atoms with Crippen LogP contribution >= 0.6 is 0 Å². The molecule has 2 N–H and O–H groups in total. The van der Waals surface area contributed by atoms with Gasteiger partial charge in [0.1, 0.15) is 17.8 Å². The van der Waals surface area contributed by atoms with E-state index in [0.29, 0.717) is 37.6 Å². The van der Waals surface area contributed by atoms with Crippen molar-refractivity contribution in [3.8, 4) is 5.75 Å². The number of benzene rings is 2. The van der Waals surface area contributed by atoms with Crippen LogP contribution in [0.4, 0.5) is 10.5 Å². The molecule has 2 heterocycles. The quantitative estimate of drug-likeness (QED) is 0.651. The first-order valence-corrected chi connectivity index (χ1v) is 10.9. The fourth-order valence-electron chi connectivity index (χ4n) is 4.40. The Bertz CT molecular complexity index is 997. The number of piperidine rings is 1. The van der Waals surface area contributed by atoms with Gasteiger partial charge in [0.25, 0.3) is 5.91 Å². The molecule has 8 nitrogen and oxygen atoms in total. The van der Waals surface area contributed by atoms with Crippen LogP contribution in [0.1, 0.15) is 25.3 Å². The lowest BCUT2D eigenvalue weighted by atomic mass is 9.88. The van der Waals surface area contributed by atoms with Gasteiger partial charge in [0.15, 0.2) is 0 Å². The first-order valence-electron chi connectivity index (χ1n) is 10.9. The molecule has 2 saturated heterocycles. The van der Waals surface area contributed by atoms with E-state index in [1.807, 2.05) is 43.3 Å². The van der Waals surface area contributed by atoms with Gasteiger partial charge in [-0.05, 0) is 44.0 Å². The molecular weight excluding hydrogens is 408 g/mol. The number of hydrogen-bond donors (Lipinski definition) is 2. The first kappa shape index (κ1) is 21.8. The van der Waals surface area contributed by atoms with Crippen molar-refractivity contribution in [3.05, 3.63) is 60.2 Å². The maximum Gasteiger partial charge on any atom is 0.325 e. The highest BCUT2D eigenvalue weighted by Gasteiger charge is 2.53. The van der Waals surface area contributed by atoms with Gasteiger partial charge in [-0.1, -0.05) is 42.5 Å². The zero-order valence-corrected chi connectivity index (χ0v) is 18.2. The van der Waals surface area contributed by atoms with Gasteiger partial charge >= 0.3 is 6.03 Å². The molecule has 4 rings (SSSR count). The van der Waals surface area contributed by atoms with Gasteiger partial charge in [-0.25, -0.2) is 4.79 Å². The number of amides is 4. The number of rotatable bonds is 7. The van der Waals surface area contributed by atoms with Crippen molar-refractivity contribution in [1.82, 2.24) is 15.1 Å². The molecule has 2 fully saturated rings. The summed E-state index contributed by atoms with van der Waals surface area (Å²) in [7, 11) is 0. The second kappa shape index (κ2) is 9.40. The second-order valence-electron chi connectivity index (χ2n) is 8.18. The van der Waals surface area contributed by atoms with Crippen molar-refractivity contribution in [2.24, 2.45) is 0 Å². The minimum Gasteiger partial charge on any atom is -0.492 e. The number of anilines is 1. The minimum absolute atomic E-state index is 0.339. The van der Waals surface area contributed by atoms with Crippen molar-refractivity contribution < 1.29 is 19.1 Å². The van der Waals surface area contributed by atoms with Crippen LogP contribution in [0.5, 0.6) is 5.75 Å². The molecule has 1 spiro atoms. The van der Waals surface area contributed by atoms with Crippen LogP contribution < -0.4 is 15.4 Å². The molecule has 2 aliphatic rings. The maximum atomic E-state index is 13.3. The van der Waals surface area contributed by atoms with E-state index >= 15 is 0 Å². The van der Waals surface area contributed by atoms with Crippen molar-refractivity contribution in [1.29, 1.82) is 0 Å². The van der Waals surface area contributed by atoms with Gasteiger partial charge < -0.3 is 15.4 Å². The Morgan fingerprint density at radius 2 is 1.88 bits per heavy atom. The topological polar surface area (TPSA) is 91.0 Å². The van der Waals surface area contributed by atoms with E-state index in [1.165, 1.54) is 0 Å². The molecule has 2 aliphatic heterocycles. The molecule has 2 aromatic carbocycles. The van der Waals surface area contributed by atoms with Crippen LogP contribution in [0, 0.1) is 0 Å². The lowest BCUT2D eigenvalue weighted by Gasteiger charge is -2.38. The Morgan fingerprint density at radius 1 is 1.12 bits per heavy atom. The maximum absolute atomic E-state index is 13.3. The molecule has 8 heteroatoms. The fourth-order valence-corrected chi connectivity index (χ4v) is 4.40. The summed E-state index contributed by atoms with van der Waals surface area (Å²) >= 11 is 0. The molecule has 0 radical (unpaired) electrons. The molecule has 4 amide bonds. The van der Waals surface area contributed by atoms with Crippen LogP contribution in [0.3, 0.4) is 0 Å². The Kier molecular flexibility index (Phi) is 6.41. The number of para-hydroxylation sites is 2. The largest absolute Gasteiger partial charge is 0.492 e. The van der Waals surface area contributed by atoms with Crippen molar-refractivity contribution >= 4 is 23.5 Å². The third-order valence-corrected chi connectivity index (χ3v) is 5.83. The summed E-state index contributed by atoms with van der Waals surface area (Å²) in [6.45, 7) is 3.97. The number of likely N-dealkylation sites (tertiary alicyclic amines) is 1. The van der Waals surface area contributed by atoms with Crippen molar-refractivity contribution in [2.45, 2.75) is 31.8 Å². The Morgan fingerprint density at radius 3 is 2.66 bits per heavy atom. The monoisotopic (exact) mass is 436 g/mol. The van der Waals surface area contributed by atoms with Gasteiger partial charge in [0.2, 0.25) is 5.91 Å². The van der Waals surface area contributed by atoms with Crippen LogP contribution in [0.15, 0.2) is 54.6 Å². The van der Waals surface area contributed by atoms with Crippen molar-refractivity contribution in [2.75, 3.05) is 31.6 Å². The number of carbonyl (C=O) groups is 3. The average Bonchev–Trinajstić information content (AvgIpc) is 3.00. The first-order chi connectivity index (χ1) is 15.5. The van der Waals surface area contributed by atoms with Gasteiger partial charge in [0, 0.05) is 13.1 Å². The van der Waals surface area contributed by atoms with E-state index in [1.54, 1.807) is 18.2 Å². The predicted molar refractivity (Wildman–Crippen MR) is 120 cm³/mol. The van der Waals surface area contributed by atoms with Crippen LogP contribution in [0.25, 0.3) is 0 Å². The number of imide groups is 1. The minimum atomic E-state index is -0.979. The van der Waals surface area contributed by atoms with E-state index < -0.39 is 17.5 Å². The molecule has 168 valence electrons. The molecule has 1 unspecified atom stereocenters. The Labute approximate surface area is 187 Å². The summed E-state index contributed by atoms with van der Waals surface area (Å²) in [5.41, 5.74) is 0.687. The summed E-state index contributed by atoms with van der Waals surface area (Å²) in [4.78, 5) is 41.8. The zero-order chi connectivity index (χ0) is 22.6. The van der Waals surface area contributed by atoms with Gasteiger partial charge in [0.05, 0.1) is 12.3 Å². The van der Waals surface area contributed by atoms with Gasteiger partial charge in [-0.15, -0.1) is 0 Å². The standard InChI is InChI=1S/C24H28N4O4/c1-2-32-20-12-7-6-11-19(20)25-21(29)16-28-22(30)24(26-23(28)31)13-8-14-27(17-24)15-18-9-4-3-5-10-18/h3-7,9-12H,2,8,13-17H2,1H3,(H,25,29)(H,26,31). The third-order valence-electron chi connectivity index (χ3n) is 5.83. The molecule has 32 heavy (non-hydrogen) atoms. The fraction of sp³-hybridized carbons (Fsp3) is 0.375. The highest BCUT2D eigenvalue weighted by atomic mass is 16.5. The van der Waals surface area contributed by atoms with E-state index in [0.717, 1.165) is 23.4 Å². The number of urea groups is 1. The SMILES string of the molecule is CCOc1ccccc1NC(=O)CN1C(=O)NC2(CCCN(Cc3ccccc3)C2)C1=O. The number of nitrogens with zero attached hydrogens (tertiary/aromatic N) is 2. The molecule has 0 bridgehead atoms. The molecule has 0 aromatic heterocycles. The van der Waals surface area contributed by atoms with Gasteiger partial charge in [-0.3, -0.25) is 19.4 Å². The molecular formula is C24H28N4O4. The van der Waals surface area contributed by atoms with E-state index in [4.69, 9.17) is 4.74 Å². The highest BCUT2D eigenvalue weighted by molar-refractivity contribution is 6.10. The number of ether oxygens (including phenoxy) is 1. The Hall–Kier alpha value is -3.39. The van der Waals surface area contributed by atoms with Crippen LogP contribution in [-0.2, 0) is 16.1 Å². The van der Waals surface area contributed by atoms with E-state index in [-0.39, 0.29) is 12.5 Å². The van der Waals surface area contributed by atoms with Crippen LogP contribution in [-0.4, -0.2) is 59.4 Å². The summed E-state index contributed by atoms with van der Waals surface area (Å²) < 4.78 is 5.52. The molecule has 2 aromatic rings. The predicted octanol–water partition coefficient (Wildman–Crippen LogP) is 2.61. The summed E-state index contributed by atoms with van der Waals surface area (Å²) in [5, 5.41) is 5.62. The average molecular weight is 437 g/mol. The summed E-state index contributed by atoms with van der Waals surface area (Å²) in [6, 6.07) is 16.6. The number of nitrogens with one attached hydrogen (secondary N) is 2. The summed E-state index contributed by atoms with van der Waals surface area (Å²) in [6.07, 6.45) is 1.36. The van der Waals surface area contributed by atoms with E-state index in [2.05, 4.69) is 15.5 Å². The van der Waals surface area contributed by atoms with E-state index in [9.17, 15) is 14.4 Å². The zero-order valence-electron chi connectivity index (χ0n) is 18.2. The lowest BCUT2D eigenvalue weighted by Crippen LogP contribution is -2.58. The third kappa shape index (κ3) is 4.60. The van der Waals surface area contributed by atoms with Crippen molar-refractivity contribution in [3.63, 3.8) is 0 Å². The number of carbonyl (C=O) groups excluding carboxylic acids is 3. The number of hydrogen-bond acceptors (Lipinski definition) is 5. The highest BCUT2D eigenvalue weighted by Crippen LogP contribution is 2.29. The Balaban J connectivity index is 1.41. The van der Waals surface area contributed by atoms with Crippen LogP contribution in [0.2, 0.25) is 0 Å². The second-order valence-corrected chi connectivity index (χ2v) is 8.18. The van der Waals surface area contributed by atoms with Gasteiger partial charge in [-0.2, -0.15) is 0 Å². The normalized spacial score (nSPS) is 21.0. The molecule has 0 saturated carbocycles. The molecule has 0 aliphatic carbocycles. The lowest BCUT2D eigenvalue weighted by molar-refractivity contribution is -0.135. The smallest absolute Gasteiger partial charge is 0.325 e.